The third-order valence-electron chi connectivity index (χ3n) is 0.289. The lowest BCUT2D eigenvalue weighted by atomic mass is 10.5. The van der Waals surface area contributed by atoms with E-state index in [1.807, 2.05) is 0 Å². The van der Waals surface area contributed by atoms with Gasteiger partial charge in [-0.1, -0.05) is 6.92 Å². The van der Waals surface area contributed by atoms with Crippen LogP contribution in [-0.2, 0) is 11.6 Å². The highest BCUT2D eigenvalue weighted by molar-refractivity contribution is 7.51. The molecular weight excluding hydrogens is 114 g/mol. The second-order valence-corrected chi connectivity index (χ2v) is 0.993. The van der Waals surface area contributed by atoms with Crippen molar-refractivity contribution in [2.45, 2.75) is 13.3 Å². The maximum atomic E-state index is 8.29. The summed E-state index contributed by atoms with van der Waals surface area (Å²) >= 11 is -0.750. The molecule has 0 aromatic rings. The Labute approximate surface area is 46.5 Å². The molecule has 0 atom stereocenters. The minimum absolute atomic E-state index is 0.750. The lowest BCUT2D eigenvalue weighted by Crippen LogP contribution is -1.93. The van der Waals surface area contributed by atoms with Crippen LogP contribution in [0.15, 0.2) is 0 Å². The Hall–Kier alpha value is -0.220. The predicted octanol–water partition coefficient (Wildman–Crippen LogP) is -0.315. The van der Waals surface area contributed by atoms with Gasteiger partial charge >= 0.3 is 11.6 Å². The molecule has 0 saturated heterocycles. The van der Waals surface area contributed by atoms with Gasteiger partial charge in [-0.25, -0.2) is 0 Å². The molecule has 0 aromatic heterocycles. The van der Waals surface area contributed by atoms with E-state index in [1.54, 1.807) is 0 Å². The van der Waals surface area contributed by atoms with E-state index >= 15 is 0 Å². The van der Waals surface area contributed by atoms with E-state index in [2.05, 4.69) is 6.92 Å². The Morgan fingerprint density at radius 1 is 1.57 bits per heavy atom. The van der Waals surface area contributed by atoms with Gasteiger partial charge in [0.1, 0.15) is 0 Å². The summed E-state index contributed by atoms with van der Waals surface area (Å²) in [4.78, 5) is 0. The van der Waals surface area contributed by atoms with Gasteiger partial charge in [0.25, 0.3) is 0 Å². The van der Waals surface area contributed by atoms with Gasteiger partial charge in [-0.15, -0.1) is 0 Å². The Bertz CT molecular complexity index is 48.9. The van der Waals surface area contributed by atoms with Crippen LogP contribution >= 0.6 is 0 Å². The molecule has 0 unspecified atom stereocenters. The summed E-state index contributed by atoms with van der Waals surface area (Å²) in [5.41, 5.74) is 5.03. The minimum Gasteiger partial charge on any atom is -0.330 e. The molecule has 0 amide bonds. The van der Waals surface area contributed by atoms with Gasteiger partial charge in [0.15, 0.2) is 0 Å². The normalized spacial score (nSPS) is 6.00. The third-order valence-corrected chi connectivity index (χ3v) is 0.289. The number of rotatable bonds is 1. The van der Waals surface area contributed by atoms with Crippen molar-refractivity contribution in [3.05, 3.63) is 0 Å². The van der Waals surface area contributed by atoms with Crippen LogP contribution in [0.4, 0.5) is 0 Å². The van der Waals surface area contributed by atoms with Gasteiger partial charge < -0.3 is 5.73 Å². The largest absolute Gasteiger partial charge is 0.335 e. The van der Waals surface area contributed by atoms with Crippen LogP contribution in [0.2, 0.25) is 0 Å². The highest BCUT2D eigenvalue weighted by Gasteiger charge is 1.55. The van der Waals surface area contributed by atoms with E-state index in [9.17, 15) is 0 Å². The van der Waals surface area contributed by atoms with Gasteiger partial charge in [-0.3, -0.25) is 0 Å². The van der Waals surface area contributed by atoms with Crippen LogP contribution in [0.25, 0.3) is 0 Å². The molecule has 0 bridgehead atoms. The highest BCUT2D eigenvalue weighted by atomic mass is 32.1. The Morgan fingerprint density at radius 3 is 1.71 bits per heavy atom. The second-order valence-electron chi connectivity index (χ2n) is 0.857. The first-order valence-corrected chi connectivity index (χ1v) is 2.62. The summed E-state index contributed by atoms with van der Waals surface area (Å²) < 4.78 is 16.6. The topological polar surface area (TPSA) is 60.2 Å². The molecule has 44 valence electrons. The predicted molar refractivity (Wildman–Crippen MR) is 28.3 cm³/mol. The van der Waals surface area contributed by atoms with Crippen molar-refractivity contribution in [3.63, 3.8) is 0 Å². The van der Waals surface area contributed by atoms with Gasteiger partial charge in [0.05, 0.1) is 0 Å². The van der Waals surface area contributed by atoms with Gasteiger partial charge in [-0.2, -0.15) is 8.42 Å². The quantitative estimate of drug-likeness (QED) is 0.520. The van der Waals surface area contributed by atoms with E-state index in [4.69, 9.17) is 14.2 Å². The summed E-state index contributed by atoms with van der Waals surface area (Å²) in [6.45, 7) is 2.88. The Morgan fingerprint density at radius 2 is 1.71 bits per heavy atom. The van der Waals surface area contributed by atoms with Crippen molar-refractivity contribution >= 4 is 11.6 Å². The van der Waals surface area contributed by atoms with Gasteiger partial charge in [0.2, 0.25) is 0 Å². The van der Waals surface area contributed by atoms with E-state index in [1.165, 1.54) is 0 Å². The van der Waals surface area contributed by atoms with Crippen molar-refractivity contribution in [3.8, 4) is 0 Å². The van der Waals surface area contributed by atoms with Crippen LogP contribution in [0.5, 0.6) is 0 Å². The molecule has 0 aliphatic heterocycles. The van der Waals surface area contributed by atoms with Crippen LogP contribution in [0.3, 0.4) is 0 Å². The summed E-state index contributed by atoms with van der Waals surface area (Å²) in [5, 5.41) is 0. The Kier molecular flexibility index (Phi) is 24.2. The van der Waals surface area contributed by atoms with Crippen molar-refractivity contribution in [2.75, 3.05) is 6.54 Å². The fourth-order valence-electron chi connectivity index (χ4n) is 0. The maximum absolute atomic E-state index is 8.29. The molecule has 4 heteroatoms. The average Bonchev–Trinajstić information content (AvgIpc) is 1.69. The van der Waals surface area contributed by atoms with E-state index in [0.717, 1.165) is 13.0 Å². The standard InChI is InChI=1S/C3H9N.O2S/c1-2-3-4;1-3-2/h2-4H2,1H3;. The molecule has 0 aliphatic carbocycles. The van der Waals surface area contributed by atoms with Crippen molar-refractivity contribution in [1.82, 2.24) is 0 Å². The maximum Gasteiger partial charge on any atom is 0.335 e. The van der Waals surface area contributed by atoms with Crippen LogP contribution in [0, 0.1) is 0 Å². The molecule has 0 heterocycles. The molecule has 0 aliphatic rings. The molecule has 3 nitrogen and oxygen atoms in total. The molecule has 0 spiro atoms. The van der Waals surface area contributed by atoms with E-state index in [0.29, 0.717) is 0 Å². The highest BCUT2D eigenvalue weighted by Crippen LogP contribution is 1.57. The Balaban J connectivity index is 0. The SMILES string of the molecule is CCCN.O=S=O. The zero-order valence-corrected chi connectivity index (χ0v) is 5.03. The fourth-order valence-corrected chi connectivity index (χ4v) is 0. The smallest absolute Gasteiger partial charge is 0.330 e. The zero-order chi connectivity index (χ0) is 6.12. The van der Waals surface area contributed by atoms with E-state index in [-0.39, 0.29) is 0 Å². The number of hydrogen-bond donors (Lipinski definition) is 1. The van der Waals surface area contributed by atoms with Crippen molar-refractivity contribution in [2.24, 2.45) is 5.73 Å². The summed E-state index contributed by atoms with van der Waals surface area (Å²) in [7, 11) is 0. The molecule has 0 saturated carbocycles. The van der Waals surface area contributed by atoms with Crippen molar-refractivity contribution in [1.29, 1.82) is 0 Å². The molecule has 0 rings (SSSR count). The summed E-state index contributed by atoms with van der Waals surface area (Å²) in [6, 6.07) is 0. The first-order valence-electron chi connectivity index (χ1n) is 1.95. The molecule has 0 radical (unpaired) electrons. The zero-order valence-electron chi connectivity index (χ0n) is 4.22. The second kappa shape index (κ2) is 17.1. The molecule has 7 heavy (non-hydrogen) atoms. The molecule has 0 aromatic carbocycles. The lowest BCUT2D eigenvalue weighted by Gasteiger charge is -1.70. The van der Waals surface area contributed by atoms with Crippen LogP contribution in [-0.4, -0.2) is 15.0 Å². The first-order chi connectivity index (χ1) is 3.33. The van der Waals surface area contributed by atoms with Crippen LogP contribution < -0.4 is 5.73 Å². The van der Waals surface area contributed by atoms with E-state index < -0.39 is 11.6 Å². The summed E-state index contributed by atoms with van der Waals surface area (Å²) in [5.74, 6) is 0. The number of hydrogen-bond acceptors (Lipinski definition) is 3. The fraction of sp³-hybridized carbons (Fsp3) is 1.00. The van der Waals surface area contributed by atoms with Crippen LogP contribution in [0.1, 0.15) is 13.3 Å². The summed E-state index contributed by atoms with van der Waals surface area (Å²) in [6.07, 6.45) is 1.10. The lowest BCUT2D eigenvalue weighted by molar-refractivity contribution is 0.630. The van der Waals surface area contributed by atoms with Gasteiger partial charge in [-0.05, 0) is 13.0 Å². The molecular formula is C3H9NO2S. The third kappa shape index (κ3) is 136. The van der Waals surface area contributed by atoms with Gasteiger partial charge in [0, 0.05) is 0 Å². The number of nitrogens with two attached hydrogens (primary N) is 1. The minimum atomic E-state index is -0.750. The monoisotopic (exact) mass is 123 g/mol. The average molecular weight is 123 g/mol. The van der Waals surface area contributed by atoms with Crippen molar-refractivity contribution < 1.29 is 8.42 Å². The molecule has 2 N–H and O–H groups in total. The molecule has 0 fully saturated rings. The first kappa shape index (κ1) is 9.91.